The monoisotopic (exact) mass is 499 g/mol. The van der Waals surface area contributed by atoms with E-state index in [1.165, 1.54) is 0 Å². The summed E-state index contributed by atoms with van der Waals surface area (Å²) in [6.07, 6.45) is 4.92. The normalized spacial score (nSPS) is 23.1. The highest BCUT2D eigenvalue weighted by atomic mass is 16.5. The van der Waals surface area contributed by atoms with Gasteiger partial charge in [0.25, 0.3) is 0 Å². The van der Waals surface area contributed by atoms with Gasteiger partial charge in [-0.1, -0.05) is 30.3 Å². The van der Waals surface area contributed by atoms with Gasteiger partial charge in [-0.05, 0) is 48.2 Å². The second-order valence-corrected chi connectivity index (χ2v) is 9.76. The Morgan fingerprint density at radius 1 is 1.14 bits per heavy atom. The first-order valence-electron chi connectivity index (χ1n) is 12.8. The van der Waals surface area contributed by atoms with Crippen molar-refractivity contribution in [1.29, 1.82) is 0 Å². The Bertz CT molecular complexity index is 1340. The van der Waals surface area contributed by atoms with Crippen molar-refractivity contribution in [3.8, 4) is 5.75 Å². The summed E-state index contributed by atoms with van der Waals surface area (Å²) in [5, 5.41) is 7.12. The highest BCUT2D eigenvalue weighted by Gasteiger charge is 2.61. The Balaban J connectivity index is 1.46. The average molecular weight is 500 g/mol. The summed E-state index contributed by atoms with van der Waals surface area (Å²) in [7, 11) is 0. The maximum Gasteiger partial charge on any atom is 0.240 e. The molecule has 0 unspecified atom stereocenters. The molecule has 3 aromatic rings. The summed E-state index contributed by atoms with van der Waals surface area (Å²) in [6, 6.07) is 16.7. The average Bonchev–Trinajstić information content (AvgIpc) is 3.63. The number of carbonyl (C=O) groups excluding carboxylic acids is 3. The van der Waals surface area contributed by atoms with Gasteiger partial charge >= 0.3 is 0 Å². The number of likely N-dealkylation sites (tertiary alicyclic amines) is 1. The lowest BCUT2D eigenvalue weighted by molar-refractivity contribution is -0.134. The third kappa shape index (κ3) is 3.94. The summed E-state index contributed by atoms with van der Waals surface area (Å²) in [5.41, 5.74) is 1.47. The number of nitrogens with zero attached hydrogens (tertiary/aromatic N) is 4. The molecule has 190 valence electrons. The van der Waals surface area contributed by atoms with E-state index in [0.29, 0.717) is 44.8 Å². The van der Waals surface area contributed by atoms with Gasteiger partial charge in [0, 0.05) is 44.1 Å². The van der Waals surface area contributed by atoms with Crippen molar-refractivity contribution < 1.29 is 19.1 Å². The highest BCUT2D eigenvalue weighted by molar-refractivity contribution is 6.12. The fourth-order valence-corrected chi connectivity index (χ4v) is 6.03. The van der Waals surface area contributed by atoms with Crippen molar-refractivity contribution in [2.45, 2.75) is 37.3 Å². The van der Waals surface area contributed by atoms with Crippen molar-refractivity contribution in [3.05, 3.63) is 78.1 Å². The number of para-hydroxylation sites is 1. The van der Waals surface area contributed by atoms with E-state index in [1.807, 2.05) is 65.7 Å². The number of aromatic nitrogens is 2. The number of amides is 3. The van der Waals surface area contributed by atoms with Gasteiger partial charge in [0.05, 0.1) is 12.6 Å². The molecule has 1 fully saturated rings. The highest BCUT2D eigenvalue weighted by Crippen LogP contribution is 2.56. The molecule has 1 spiro atoms. The number of carbonyl (C=O) groups is 3. The number of fused-ring (bicyclic) bond motifs is 6. The minimum Gasteiger partial charge on any atom is -0.494 e. The standard InChI is InChI=1S/C28H29N5O4/c34-24-19-33-23-9-2-1-8-22(23)28(27(33)36)11-16-32(25(35)10-15-31-14-4-13-30-31)26(28)20-6-3-7-21(18-20)37-17-5-12-29-24/h1-4,6-9,13-14,18,26H,5,10-12,15-17,19H2,(H,29,34)/t26-,28+/m0/s1. The molecule has 1 N–H and O–H groups in total. The van der Waals surface area contributed by atoms with E-state index in [-0.39, 0.29) is 30.7 Å². The van der Waals surface area contributed by atoms with Gasteiger partial charge in [-0.15, -0.1) is 0 Å². The molecule has 6 rings (SSSR count). The van der Waals surface area contributed by atoms with E-state index in [1.54, 1.807) is 15.8 Å². The summed E-state index contributed by atoms with van der Waals surface area (Å²) in [6.45, 7) is 1.76. The fraction of sp³-hybridized carbons (Fsp3) is 0.357. The van der Waals surface area contributed by atoms with Gasteiger partial charge in [0.2, 0.25) is 17.7 Å². The first-order chi connectivity index (χ1) is 18.1. The molecular formula is C28H29N5O4. The van der Waals surface area contributed by atoms with Crippen LogP contribution in [0.4, 0.5) is 5.69 Å². The van der Waals surface area contributed by atoms with Crippen LogP contribution in [-0.2, 0) is 26.3 Å². The number of hydrogen-bond donors (Lipinski definition) is 1. The number of nitrogens with one attached hydrogen (secondary N) is 1. The van der Waals surface area contributed by atoms with Crippen molar-refractivity contribution >= 4 is 23.4 Å². The van der Waals surface area contributed by atoms with Crippen LogP contribution in [-0.4, -0.2) is 58.6 Å². The molecule has 37 heavy (non-hydrogen) atoms. The third-order valence-corrected chi connectivity index (χ3v) is 7.65. The molecule has 2 aromatic carbocycles. The second kappa shape index (κ2) is 9.38. The maximum atomic E-state index is 14.4. The van der Waals surface area contributed by atoms with E-state index >= 15 is 0 Å². The molecule has 0 saturated carbocycles. The molecular weight excluding hydrogens is 470 g/mol. The molecule has 2 atom stereocenters. The number of ether oxygens (including phenoxy) is 1. The lowest BCUT2D eigenvalue weighted by atomic mass is 9.72. The minimum absolute atomic E-state index is 0.0358. The van der Waals surface area contributed by atoms with Crippen molar-refractivity contribution in [2.24, 2.45) is 0 Å². The summed E-state index contributed by atoms with van der Waals surface area (Å²) >= 11 is 0. The number of benzene rings is 2. The smallest absolute Gasteiger partial charge is 0.240 e. The van der Waals surface area contributed by atoms with Crippen LogP contribution in [0.1, 0.15) is 36.4 Å². The van der Waals surface area contributed by atoms with Crippen molar-refractivity contribution in [1.82, 2.24) is 20.0 Å². The van der Waals surface area contributed by atoms with E-state index in [4.69, 9.17) is 4.74 Å². The number of aryl methyl sites for hydroxylation is 1. The number of hydrogen-bond acceptors (Lipinski definition) is 5. The summed E-state index contributed by atoms with van der Waals surface area (Å²) in [4.78, 5) is 44.3. The summed E-state index contributed by atoms with van der Waals surface area (Å²) in [5.74, 6) is 0.297. The Kier molecular flexibility index (Phi) is 5.90. The van der Waals surface area contributed by atoms with Crippen LogP contribution < -0.4 is 15.0 Å². The third-order valence-electron chi connectivity index (χ3n) is 7.65. The van der Waals surface area contributed by atoms with Crippen LogP contribution in [0.5, 0.6) is 5.75 Å². The fourth-order valence-electron chi connectivity index (χ4n) is 6.03. The van der Waals surface area contributed by atoms with Crippen LogP contribution in [0.25, 0.3) is 0 Å². The SMILES string of the molecule is O=C1CN2C(=O)[C@]3(CCN(C(=O)CCn4cccn4)[C@H]3c3cccc(c3)OCCCN1)c1ccccc12. The van der Waals surface area contributed by atoms with Crippen molar-refractivity contribution in [3.63, 3.8) is 0 Å². The molecule has 0 radical (unpaired) electrons. The molecule has 1 aromatic heterocycles. The molecule has 9 nitrogen and oxygen atoms in total. The minimum atomic E-state index is -0.985. The Morgan fingerprint density at radius 2 is 2.03 bits per heavy atom. The lowest BCUT2D eigenvalue weighted by Crippen LogP contribution is -2.48. The maximum absolute atomic E-state index is 14.4. The summed E-state index contributed by atoms with van der Waals surface area (Å²) < 4.78 is 7.72. The number of anilines is 1. The molecule has 0 aliphatic carbocycles. The molecule has 3 aliphatic rings. The zero-order valence-corrected chi connectivity index (χ0v) is 20.5. The Hall–Kier alpha value is -4.14. The van der Waals surface area contributed by atoms with E-state index in [9.17, 15) is 14.4 Å². The van der Waals surface area contributed by atoms with Gasteiger partial charge in [0.1, 0.15) is 17.7 Å². The second-order valence-electron chi connectivity index (χ2n) is 9.76. The van der Waals surface area contributed by atoms with Crippen LogP contribution in [0, 0.1) is 0 Å². The molecule has 9 heteroatoms. The zero-order chi connectivity index (χ0) is 25.4. The number of rotatable bonds is 3. The zero-order valence-electron chi connectivity index (χ0n) is 20.5. The Labute approximate surface area is 215 Å². The van der Waals surface area contributed by atoms with Crippen LogP contribution in [0.15, 0.2) is 67.0 Å². The van der Waals surface area contributed by atoms with Gasteiger partial charge < -0.3 is 19.9 Å². The molecule has 1 saturated heterocycles. The van der Waals surface area contributed by atoms with E-state index < -0.39 is 11.5 Å². The van der Waals surface area contributed by atoms with Gasteiger partial charge in [-0.2, -0.15) is 5.10 Å². The van der Waals surface area contributed by atoms with E-state index in [0.717, 1.165) is 16.8 Å². The predicted molar refractivity (Wildman–Crippen MR) is 136 cm³/mol. The molecule has 4 heterocycles. The quantitative estimate of drug-likeness (QED) is 0.597. The van der Waals surface area contributed by atoms with Gasteiger partial charge in [-0.3, -0.25) is 19.1 Å². The molecule has 3 amide bonds. The van der Waals surface area contributed by atoms with Gasteiger partial charge in [-0.25, -0.2) is 0 Å². The predicted octanol–water partition coefficient (Wildman–Crippen LogP) is 2.43. The molecule has 4 bridgehead atoms. The largest absolute Gasteiger partial charge is 0.494 e. The lowest BCUT2D eigenvalue weighted by Gasteiger charge is -2.35. The Morgan fingerprint density at radius 3 is 2.89 bits per heavy atom. The first-order valence-corrected chi connectivity index (χ1v) is 12.8. The van der Waals surface area contributed by atoms with Crippen molar-refractivity contribution in [2.75, 3.05) is 31.1 Å². The molecule has 3 aliphatic heterocycles. The van der Waals surface area contributed by atoms with Gasteiger partial charge in [0.15, 0.2) is 0 Å². The van der Waals surface area contributed by atoms with Crippen LogP contribution in [0.3, 0.4) is 0 Å². The first kappa shape index (κ1) is 23.3. The topological polar surface area (TPSA) is 96.8 Å². The van der Waals surface area contributed by atoms with Crippen LogP contribution in [0.2, 0.25) is 0 Å². The van der Waals surface area contributed by atoms with Crippen LogP contribution >= 0.6 is 0 Å². The van der Waals surface area contributed by atoms with E-state index in [2.05, 4.69) is 10.4 Å².